The Hall–Kier alpha value is -5.58. The highest BCUT2D eigenvalue weighted by Crippen LogP contribution is 2.54. The van der Waals surface area contributed by atoms with Crippen LogP contribution in [0, 0.1) is 0 Å². The predicted molar refractivity (Wildman–Crippen MR) is 201 cm³/mol. The van der Waals surface area contributed by atoms with Crippen LogP contribution in [0.2, 0.25) is 0 Å². The molecule has 0 amide bonds. The minimum atomic E-state index is 0.123. The molecule has 0 saturated heterocycles. The molecule has 218 valence electrons. The van der Waals surface area contributed by atoms with Crippen molar-refractivity contribution >= 4 is 96.8 Å². The van der Waals surface area contributed by atoms with Gasteiger partial charge in [-0.15, -0.1) is 0 Å². The van der Waals surface area contributed by atoms with Crippen LogP contribution in [0.25, 0.3) is 38.6 Å². The number of nitrogens with zero attached hydrogens (tertiary/aromatic N) is 2. The monoisotopic (exact) mass is 624 g/mol. The highest BCUT2D eigenvalue weighted by molar-refractivity contribution is 8.00. The second kappa shape index (κ2) is 8.28. The Kier molecular flexibility index (Phi) is 4.24. The molecule has 0 spiro atoms. The Balaban J connectivity index is 1.11. The number of ether oxygens (including phenoxy) is 1. The van der Waals surface area contributed by atoms with Gasteiger partial charge in [-0.2, -0.15) is 0 Å². The predicted octanol–water partition coefficient (Wildman–Crippen LogP) is 6.46. The van der Waals surface area contributed by atoms with Gasteiger partial charge in [0, 0.05) is 31.9 Å². The molecule has 0 unspecified atom stereocenters. The van der Waals surface area contributed by atoms with Crippen molar-refractivity contribution in [1.29, 1.82) is 0 Å². The van der Waals surface area contributed by atoms with Crippen LogP contribution in [-0.2, 0) is 0 Å². The van der Waals surface area contributed by atoms with Crippen LogP contribution in [0.5, 0.6) is 11.5 Å². The fourth-order valence-corrected chi connectivity index (χ4v) is 10.8. The van der Waals surface area contributed by atoms with E-state index in [4.69, 9.17) is 4.74 Å². The molecule has 0 fully saturated rings. The lowest BCUT2D eigenvalue weighted by Gasteiger charge is -2.41. The second-order valence-electron chi connectivity index (χ2n) is 13.6. The van der Waals surface area contributed by atoms with Gasteiger partial charge in [-0.25, -0.2) is 0 Å². The van der Waals surface area contributed by atoms with Crippen molar-refractivity contribution in [3.8, 4) is 28.3 Å². The maximum Gasteiger partial charge on any atom is 0.249 e. The molecule has 8 aromatic rings. The van der Waals surface area contributed by atoms with E-state index in [0.717, 1.165) is 17.2 Å². The van der Waals surface area contributed by atoms with Crippen LogP contribution in [0.1, 0.15) is 0 Å². The fourth-order valence-electron chi connectivity index (χ4n) is 9.68. The topological polar surface area (TPSA) is 17.4 Å². The molecule has 48 heavy (non-hydrogen) atoms. The summed E-state index contributed by atoms with van der Waals surface area (Å²) in [5, 5.41) is 2.64. The summed E-state index contributed by atoms with van der Waals surface area (Å²) in [5.41, 5.74) is 18.3. The molecule has 1 aromatic heterocycles. The first-order valence-electron chi connectivity index (χ1n) is 16.7. The van der Waals surface area contributed by atoms with Gasteiger partial charge >= 0.3 is 0 Å². The van der Waals surface area contributed by atoms with Crippen LogP contribution in [-0.4, -0.2) is 18.0 Å². The number of aromatic nitrogens is 1. The molecule has 0 atom stereocenters. The molecular weight excluding hydrogens is 602 g/mol. The van der Waals surface area contributed by atoms with Gasteiger partial charge in [-0.1, -0.05) is 114 Å². The summed E-state index contributed by atoms with van der Waals surface area (Å²) in [6, 6.07) is 49.8. The highest BCUT2D eigenvalue weighted by atomic mass is 32.2. The van der Waals surface area contributed by atoms with Crippen molar-refractivity contribution in [2.45, 2.75) is 9.79 Å². The van der Waals surface area contributed by atoms with Gasteiger partial charge in [0.25, 0.3) is 0 Å². The molecule has 3 nitrogen and oxygen atoms in total. The molecule has 5 aliphatic heterocycles. The number of hydrogen-bond acceptors (Lipinski definition) is 3. The Morgan fingerprint density at radius 3 is 2.17 bits per heavy atom. The molecule has 6 heteroatoms. The number of para-hydroxylation sites is 3. The van der Waals surface area contributed by atoms with E-state index in [2.05, 4.69) is 143 Å². The average molecular weight is 624 g/mol. The van der Waals surface area contributed by atoms with E-state index in [9.17, 15) is 0 Å². The lowest BCUT2D eigenvalue weighted by molar-refractivity contribution is 0.476. The molecule has 0 bridgehead atoms. The normalized spacial score (nSPS) is 14.6. The number of rotatable bonds is 0. The van der Waals surface area contributed by atoms with Crippen LogP contribution < -0.4 is 42.4 Å². The summed E-state index contributed by atoms with van der Waals surface area (Å²) < 4.78 is 9.44. The lowest BCUT2D eigenvalue weighted by atomic mass is 9.35. The molecular formula is C42H22B2N2OS. The molecule has 0 radical (unpaired) electrons. The first kappa shape index (κ1) is 24.6. The number of benzene rings is 7. The third-order valence-corrected chi connectivity index (χ3v) is 12.6. The quantitative estimate of drug-likeness (QED) is 0.181. The van der Waals surface area contributed by atoms with Gasteiger partial charge in [0.2, 0.25) is 13.4 Å². The highest BCUT2D eigenvalue weighted by Gasteiger charge is 2.47. The Bertz CT molecular complexity index is 2840. The van der Waals surface area contributed by atoms with E-state index in [-0.39, 0.29) is 13.4 Å². The minimum absolute atomic E-state index is 0.123. The van der Waals surface area contributed by atoms with Crippen molar-refractivity contribution in [1.82, 2.24) is 4.57 Å². The minimum Gasteiger partial charge on any atom is -0.453 e. The molecule has 5 aliphatic rings. The Morgan fingerprint density at radius 2 is 1.25 bits per heavy atom. The van der Waals surface area contributed by atoms with E-state index in [1.54, 1.807) is 0 Å². The first-order valence-corrected chi connectivity index (χ1v) is 17.5. The maximum absolute atomic E-state index is 6.92. The van der Waals surface area contributed by atoms with Crippen molar-refractivity contribution in [2.24, 2.45) is 0 Å². The number of fused-ring (bicyclic) bond motifs is 16. The van der Waals surface area contributed by atoms with Crippen molar-refractivity contribution in [3.63, 3.8) is 0 Å². The van der Waals surface area contributed by atoms with E-state index in [1.807, 2.05) is 11.8 Å². The SMILES string of the molecule is c1ccc2c(c1)B1c3ccccc3N3c4cc5c(cc4Oc4ccc-2c1c43)Sc1ccc2c3ccccc3n3c2c1B5c1ccccc1-3. The molecule has 0 aliphatic carbocycles. The standard InChI is InChI=1S/C42H22B2N2OS/c1-3-11-27-23(9-1)25-17-19-35-42-39(25)43(27)28-12-4-8-16-33(28)46(42)34-21-30-38(22-36(34)47-35)48-37-20-18-26-24-10-2-6-14-31(24)45-32-15-7-5-13-29(32)44(30)40(37)41(26)45/h1-22H. The van der Waals surface area contributed by atoms with Crippen LogP contribution in [0.15, 0.2) is 143 Å². The van der Waals surface area contributed by atoms with Crippen molar-refractivity contribution in [3.05, 3.63) is 133 Å². The average Bonchev–Trinajstić information content (AvgIpc) is 3.66. The summed E-state index contributed by atoms with van der Waals surface area (Å²) in [7, 11) is 0. The van der Waals surface area contributed by atoms with Crippen LogP contribution in [0.4, 0.5) is 17.1 Å². The van der Waals surface area contributed by atoms with Crippen molar-refractivity contribution in [2.75, 3.05) is 4.90 Å². The third kappa shape index (κ3) is 2.70. The summed E-state index contributed by atoms with van der Waals surface area (Å²) in [6.45, 7) is 0.322. The molecule has 7 aromatic carbocycles. The van der Waals surface area contributed by atoms with Crippen molar-refractivity contribution < 1.29 is 4.74 Å². The molecule has 6 heterocycles. The Morgan fingerprint density at radius 1 is 0.500 bits per heavy atom. The zero-order valence-corrected chi connectivity index (χ0v) is 26.4. The van der Waals surface area contributed by atoms with Gasteiger partial charge in [0.05, 0.1) is 22.4 Å². The van der Waals surface area contributed by atoms with E-state index in [0.29, 0.717) is 0 Å². The summed E-state index contributed by atoms with van der Waals surface area (Å²) >= 11 is 1.89. The molecule has 0 saturated carbocycles. The van der Waals surface area contributed by atoms with Crippen LogP contribution in [0.3, 0.4) is 0 Å². The summed E-state index contributed by atoms with van der Waals surface area (Å²) in [6.07, 6.45) is 0. The zero-order chi connectivity index (χ0) is 30.8. The van der Waals surface area contributed by atoms with E-state index >= 15 is 0 Å². The van der Waals surface area contributed by atoms with E-state index in [1.165, 1.54) is 92.6 Å². The Labute approximate surface area is 281 Å². The van der Waals surface area contributed by atoms with Gasteiger partial charge < -0.3 is 14.2 Å². The summed E-state index contributed by atoms with van der Waals surface area (Å²) in [5.74, 6) is 1.85. The van der Waals surface area contributed by atoms with Gasteiger partial charge in [0.1, 0.15) is 0 Å². The maximum atomic E-state index is 6.92. The summed E-state index contributed by atoms with van der Waals surface area (Å²) in [4.78, 5) is 5.11. The number of hydrogen-bond donors (Lipinski definition) is 0. The van der Waals surface area contributed by atoms with Gasteiger partial charge in [-0.05, 0) is 75.4 Å². The number of anilines is 3. The smallest absolute Gasteiger partial charge is 0.249 e. The first-order chi connectivity index (χ1) is 23.8. The zero-order valence-electron chi connectivity index (χ0n) is 25.6. The van der Waals surface area contributed by atoms with Gasteiger partial charge in [-0.3, -0.25) is 0 Å². The van der Waals surface area contributed by atoms with E-state index < -0.39 is 0 Å². The largest absolute Gasteiger partial charge is 0.453 e. The molecule has 0 N–H and O–H groups in total. The fraction of sp³-hybridized carbons (Fsp3) is 0. The third-order valence-electron chi connectivity index (χ3n) is 11.4. The molecule has 13 rings (SSSR count). The second-order valence-corrected chi connectivity index (χ2v) is 14.7. The lowest BCUT2D eigenvalue weighted by Crippen LogP contribution is -2.59. The van der Waals surface area contributed by atoms with Crippen LogP contribution >= 0.6 is 11.8 Å². The van der Waals surface area contributed by atoms with Gasteiger partial charge in [0.15, 0.2) is 11.5 Å².